The van der Waals surface area contributed by atoms with Gasteiger partial charge in [-0.15, -0.1) is 11.3 Å². The third-order valence-electron chi connectivity index (χ3n) is 2.89. The van der Waals surface area contributed by atoms with Crippen molar-refractivity contribution in [2.45, 2.75) is 6.92 Å². The number of nitrogens with one attached hydrogen (secondary N) is 1. The molecule has 1 N–H and O–H groups in total. The maximum Gasteiger partial charge on any atom is 0.248 e. The van der Waals surface area contributed by atoms with Crippen LogP contribution < -0.4 is 5.32 Å². The van der Waals surface area contributed by atoms with E-state index in [1.807, 2.05) is 36.6 Å². The fraction of sp³-hybridized carbons (Fsp3) is 0.0625. The highest BCUT2D eigenvalue weighted by Crippen LogP contribution is 2.22. The molecule has 0 aliphatic rings. The van der Waals surface area contributed by atoms with Gasteiger partial charge in [-0.3, -0.25) is 4.79 Å². The average Bonchev–Trinajstić information content (AvgIpc) is 3.17. The Morgan fingerprint density at radius 3 is 3.05 bits per heavy atom. The zero-order valence-corrected chi connectivity index (χ0v) is 12.6. The van der Waals surface area contributed by atoms with E-state index < -0.39 is 0 Å². The molecule has 0 unspecified atom stereocenters. The first kappa shape index (κ1) is 14.2. The highest BCUT2D eigenvalue weighted by molar-refractivity contribution is 7.09. The quantitative estimate of drug-likeness (QED) is 0.745. The van der Waals surface area contributed by atoms with E-state index in [-0.39, 0.29) is 5.91 Å². The van der Waals surface area contributed by atoms with Crippen molar-refractivity contribution in [1.29, 1.82) is 0 Å². The van der Waals surface area contributed by atoms with E-state index in [0.29, 0.717) is 11.4 Å². The number of aryl methyl sites for hydroxylation is 1. The van der Waals surface area contributed by atoms with Gasteiger partial charge in [-0.05, 0) is 25.1 Å². The number of aromatic nitrogens is 2. The second kappa shape index (κ2) is 6.36. The lowest BCUT2D eigenvalue weighted by atomic mass is 10.1. The molecule has 2 aromatic heterocycles. The molecule has 22 heavy (non-hydrogen) atoms. The lowest BCUT2D eigenvalue weighted by Gasteiger charge is -2.03. The van der Waals surface area contributed by atoms with Crippen molar-refractivity contribution in [2.24, 2.45) is 0 Å². The van der Waals surface area contributed by atoms with Gasteiger partial charge in [-0.25, -0.2) is 9.97 Å². The molecule has 0 aliphatic carbocycles. The first-order valence-electron chi connectivity index (χ1n) is 6.61. The number of nitrogens with zero attached hydrogens (tertiary/aromatic N) is 2. The minimum absolute atomic E-state index is 0.208. The maximum absolute atomic E-state index is 11.9. The molecule has 0 radical (unpaired) electrons. The molecule has 0 saturated heterocycles. The Labute approximate surface area is 131 Å². The normalized spacial score (nSPS) is 11.0. The standard InChI is InChI=1S/C16H13N3O2S/c1-11-18-14(9-22-11)5-6-16(20)19-13-4-2-3-12(7-13)15-8-17-10-21-15/h2-10H,1H3,(H,19,20)/b6-5+. The number of benzene rings is 1. The van der Waals surface area contributed by atoms with Gasteiger partial charge in [0.05, 0.1) is 16.9 Å². The smallest absolute Gasteiger partial charge is 0.248 e. The highest BCUT2D eigenvalue weighted by atomic mass is 32.1. The van der Waals surface area contributed by atoms with Crippen molar-refractivity contribution >= 4 is 29.0 Å². The molecule has 0 spiro atoms. The number of carbonyl (C=O) groups is 1. The molecule has 0 bridgehead atoms. The molecule has 3 rings (SSSR count). The predicted molar refractivity (Wildman–Crippen MR) is 86.5 cm³/mol. The molecule has 1 aromatic carbocycles. The summed E-state index contributed by atoms with van der Waals surface area (Å²) in [6.45, 7) is 1.93. The van der Waals surface area contributed by atoms with Crippen molar-refractivity contribution in [3.8, 4) is 11.3 Å². The molecule has 110 valence electrons. The van der Waals surface area contributed by atoms with E-state index in [1.54, 1.807) is 23.6 Å². The number of carbonyl (C=O) groups excluding carboxylic acids is 1. The maximum atomic E-state index is 11.9. The van der Waals surface area contributed by atoms with Crippen molar-refractivity contribution in [3.63, 3.8) is 0 Å². The van der Waals surface area contributed by atoms with Crippen molar-refractivity contribution in [1.82, 2.24) is 9.97 Å². The molecular weight excluding hydrogens is 298 g/mol. The summed E-state index contributed by atoms with van der Waals surface area (Å²) in [5.41, 5.74) is 2.33. The van der Waals surface area contributed by atoms with E-state index in [9.17, 15) is 4.79 Å². The van der Waals surface area contributed by atoms with Gasteiger partial charge < -0.3 is 9.73 Å². The van der Waals surface area contributed by atoms with E-state index >= 15 is 0 Å². The summed E-state index contributed by atoms with van der Waals surface area (Å²) in [5, 5.41) is 5.69. The van der Waals surface area contributed by atoms with Crippen LogP contribution in [-0.2, 0) is 4.79 Å². The Kier molecular flexibility index (Phi) is 4.11. The average molecular weight is 311 g/mol. The Morgan fingerprint density at radius 1 is 1.41 bits per heavy atom. The highest BCUT2D eigenvalue weighted by Gasteiger charge is 2.04. The summed E-state index contributed by atoms with van der Waals surface area (Å²) >= 11 is 1.55. The summed E-state index contributed by atoms with van der Waals surface area (Å²) in [4.78, 5) is 20.1. The van der Waals surface area contributed by atoms with Crippen LogP contribution in [0.15, 0.2) is 52.7 Å². The molecule has 1 amide bonds. The van der Waals surface area contributed by atoms with E-state index in [1.165, 1.54) is 12.5 Å². The number of hydrogen-bond acceptors (Lipinski definition) is 5. The predicted octanol–water partition coefficient (Wildman–Crippen LogP) is 3.76. The Bertz CT molecular complexity index is 806. The van der Waals surface area contributed by atoms with Gasteiger partial charge in [-0.2, -0.15) is 0 Å². The largest absolute Gasteiger partial charge is 0.444 e. The molecular formula is C16H13N3O2S. The molecule has 0 saturated carbocycles. The van der Waals surface area contributed by atoms with Gasteiger partial charge in [0.25, 0.3) is 0 Å². The molecule has 0 aliphatic heterocycles. The summed E-state index contributed by atoms with van der Waals surface area (Å²) in [6, 6.07) is 7.39. The fourth-order valence-electron chi connectivity index (χ4n) is 1.91. The molecule has 5 nitrogen and oxygen atoms in total. The number of oxazole rings is 1. The second-order valence-corrected chi connectivity index (χ2v) is 5.62. The number of thiazole rings is 1. The molecule has 3 aromatic rings. The van der Waals surface area contributed by atoms with Crippen LogP contribution in [0.25, 0.3) is 17.4 Å². The van der Waals surface area contributed by atoms with E-state index in [2.05, 4.69) is 15.3 Å². The van der Waals surface area contributed by atoms with Crippen LogP contribution in [0.1, 0.15) is 10.7 Å². The topological polar surface area (TPSA) is 68.0 Å². The third-order valence-corrected chi connectivity index (χ3v) is 3.68. The lowest BCUT2D eigenvalue weighted by Crippen LogP contribution is -2.07. The number of amides is 1. The Hall–Kier alpha value is -2.73. The first-order chi connectivity index (χ1) is 10.7. The number of hydrogen-bond donors (Lipinski definition) is 1. The molecule has 2 heterocycles. The summed E-state index contributed by atoms with van der Waals surface area (Å²) in [7, 11) is 0. The zero-order valence-electron chi connectivity index (χ0n) is 11.8. The zero-order chi connectivity index (χ0) is 15.4. The summed E-state index contributed by atoms with van der Waals surface area (Å²) in [6.07, 6.45) is 6.17. The van der Waals surface area contributed by atoms with Gasteiger partial charge in [-0.1, -0.05) is 12.1 Å². The second-order valence-electron chi connectivity index (χ2n) is 4.56. The van der Waals surface area contributed by atoms with Crippen LogP contribution in [0.4, 0.5) is 5.69 Å². The van der Waals surface area contributed by atoms with Crippen molar-refractivity contribution in [3.05, 3.63) is 59.0 Å². The summed E-state index contributed by atoms with van der Waals surface area (Å²) in [5.74, 6) is 0.449. The van der Waals surface area contributed by atoms with Gasteiger partial charge >= 0.3 is 0 Å². The molecule has 6 heteroatoms. The monoisotopic (exact) mass is 311 g/mol. The first-order valence-corrected chi connectivity index (χ1v) is 7.49. The number of rotatable bonds is 4. The van der Waals surface area contributed by atoms with Crippen LogP contribution in [0.3, 0.4) is 0 Å². The SMILES string of the molecule is Cc1nc(/C=C/C(=O)Nc2cccc(-c3cnco3)c2)cs1. The van der Waals surface area contributed by atoms with Crippen LogP contribution in [0, 0.1) is 6.92 Å². The number of anilines is 1. The fourth-order valence-corrected chi connectivity index (χ4v) is 2.49. The van der Waals surface area contributed by atoms with Crippen molar-refractivity contribution < 1.29 is 9.21 Å². The van der Waals surface area contributed by atoms with Crippen LogP contribution in [-0.4, -0.2) is 15.9 Å². The minimum Gasteiger partial charge on any atom is -0.444 e. The molecule has 0 atom stereocenters. The van der Waals surface area contributed by atoms with Gasteiger partial charge in [0, 0.05) is 22.7 Å². The molecule has 0 fully saturated rings. The van der Waals surface area contributed by atoms with E-state index in [0.717, 1.165) is 16.3 Å². The van der Waals surface area contributed by atoms with Crippen molar-refractivity contribution in [2.75, 3.05) is 5.32 Å². The van der Waals surface area contributed by atoms with Crippen LogP contribution >= 0.6 is 11.3 Å². The lowest BCUT2D eigenvalue weighted by molar-refractivity contribution is -0.111. The van der Waals surface area contributed by atoms with Crippen LogP contribution in [0.5, 0.6) is 0 Å². The van der Waals surface area contributed by atoms with Gasteiger partial charge in [0.15, 0.2) is 12.2 Å². The Morgan fingerprint density at radius 2 is 2.32 bits per heavy atom. The van der Waals surface area contributed by atoms with E-state index in [4.69, 9.17) is 4.42 Å². The van der Waals surface area contributed by atoms with Gasteiger partial charge in [0.1, 0.15) is 0 Å². The third kappa shape index (κ3) is 3.48. The minimum atomic E-state index is -0.208. The van der Waals surface area contributed by atoms with Crippen LogP contribution in [0.2, 0.25) is 0 Å². The van der Waals surface area contributed by atoms with Gasteiger partial charge in [0.2, 0.25) is 5.91 Å². The Balaban J connectivity index is 1.69. The summed E-state index contributed by atoms with van der Waals surface area (Å²) < 4.78 is 5.24.